The molecule has 4 heterocycles. The fourth-order valence-corrected chi connectivity index (χ4v) is 14.1. The molecule has 6 heteroatoms. The Morgan fingerprint density at radius 3 is 0.725 bits per heavy atom. The second-order valence-electron chi connectivity index (χ2n) is 16.6. The van der Waals surface area contributed by atoms with E-state index in [1.807, 2.05) is 0 Å². The van der Waals surface area contributed by atoms with Gasteiger partial charge in [-0.2, -0.15) is 0 Å². The molecular weight excluding hydrogens is 492 g/mol. The Morgan fingerprint density at radius 1 is 0.250 bits per heavy atom. The Morgan fingerprint density at radius 2 is 0.475 bits per heavy atom. The second-order valence-corrected chi connectivity index (χ2v) is 16.6. The Hall–Kier alpha value is -0.240. The lowest BCUT2D eigenvalue weighted by Crippen LogP contribution is -2.59. The molecule has 4 saturated heterocycles. The summed E-state index contributed by atoms with van der Waals surface area (Å²) in [7, 11) is 0. The molecule has 10 rings (SSSR count). The van der Waals surface area contributed by atoms with E-state index >= 15 is 0 Å². The van der Waals surface area contributed by atoms with Gasteiger partial charge in [0.1, 0.15) is 0 Å². The van der Waals surface area contributed by atoms with Crippen molar-refractivity contribution in [1.29, 1.82) is 0 Å². The van der Waals surface area contributed by atoms with Gasteiger partial charge in [0.25, 0.3) is 0 Å². The molecule has 6 aliphatic carbocycles. The molecule has 40 heavy (non-hydrogen) atoms. The normalized spacial score (nSPS) is 61.8. The van der Waals surface area contributed by atoms with Crippen LogP contribution in [-0.2, 0) is 0 Å². The maximum atomic E-state index is 4.56. The molecule has 0 radical (unpaired) electrons. The minimum Gasteiger partial charge on any atom is -0.298 e. The van der Waals surface area contributed by atoms with Crippen LogP contribution in [0, 0.1) is 59.2 Å². The Kier molecular flexibility index (Phi) is 6.05. The first-order valence-electron chi connectivity index (χ1n) is 18.4. The van der Waals surface area contributed by atoms with Crippen molar-refractivity contribution in [2.24, 2.45) is 59.2 Å². The van der Waals surface area contributed by atoms with Crippen LogP contribution in [0.1, 0.15) is 103 Å². The standard InChI is InChI=1S/C34H56N6/c1-2-10-18-17(9-1)27-25-26-29(37-33-22-14-6-5-13-21(22)31(35-27)39-33)19-11-3-4-12-20(19)30(26)38-34-24-16-8-7-15-23(24)32(40-34)36-28(18)25/h17-40H,1-16H2. The number of rotatable bonds is 0. The molecular formula is C34H56N6. The van der Waals surface area contributed by atoms with Gasteiger partial charge in [0.2, 0.25) is 0 Å². The van der Waals surface area contributed by atoms with E-state index in [9.17, 15) is 0 Å². The van der Waals surface area contributed by atoms with E-state index in [2.05, 4.69) is 31.9 Å². The Balaban J connectivity index is 1.12. The average Bonchev–Trinajstić information content (AvgIpc) is 3.72. The zero-order valence-electron chi connectivity index (χ0n) is 24.7. The average molecular weight is 549 g/mol. The summed E-state index contributed by atoms with van der Waals surface area (Å²) in [6.45, 7) is 0. The molecule has 6 saturated carbocycles. The van der Waals surface area contributed by atoms with Crippen molar-refractivity contribution in [3.63, 3.8) is 0 Å². The van der Waals surface area contributed by atoms with Crippen molar-refractivity contribution in [3.8, 4) is 0 Å². The molecule has 0 aromatic heterocycles. The zero-order valence-corrected chi connectivity index (χ0v) is 24.7. The second kappa shape index (κ2) is 9.63. The molecule has 0 aromatic rings. The summed E-state index contributed by atoms with van der Waals surface area (Å²) in [6.07, 6.45) is 25.3. The van der Waals surface area contributed by atoms with Gasteiger partial charge >= 0.3 is 0 Å². The molecule has 10 aliphatic rings. The lowest BCUT2D eigenvalue weighted by Gasteiger charge is -2.44. The van der Waals surface area contributed by atoms with Crippen molar-refractivity contribution in [2.45, 2.75) is 152 Å². The molecule has 10 fully saturated rings. The van der Waals surface area contributed by atoms with Gasteiger partial charge in [-0.05, 0) is 111 Å². The number of fused-ring (bicyclic) bond motifs is 16. The zero-order chi connectivity index (χ0) is 25.9. The third kappa shape index (κ3) is 3.56. The Labute approximate surface area is 242 Å². The van der Waals surface area contributed by atoms with Crippen LogP contribution in [0.4, 0.5) is 0 Å². The fraction of sp³-hybridized carbons (Fsp3) is 1.00. The molecule has 6 nitrogen and oxygen atoms in total. The first kappa shape index (κ1) is 25.1. The largest absolute Gasteiger partial charge is 0.298 e. The van der Waals surface area contributed by atoms with Gasteiger partial charge < -0.3 is 0 Å². The van der Waals surface area contributed by atoms with Crippen LogP contribution in [0.2, 0.25) is 0 Å². The van der Waals surface area contributed by atoms with E-state index in [1.165, 1.54) is 103 Å². The molecule has 4 bridgehead atoms. The van der Waals surface area contributed by atoms with Gasteiger partial charge in [-0.15, -0.1) is 0 Å². The molecule has 0 aromatic carbocycles. The Bertz CT molecular complexity index is 826. The molecule has 0 spiro atoms. The first-order chi connectivity index (χ1) is 19.8. The summed E-state index contributed by atoms with van der Waals surface area (Å²) in [5.41, 5.74) is 0. The highest BCUT2D eigenvalue weighted by atomic mass is 15.3. The highest BCUT2D eigenvalue weighted by Gasteiger charge is 2.65. The van der Waals surface area contributed by atoms with Crippen LogP contribution >= 0.6 is 0 Å². The molecule has 16 atom stereocenters. The summed E-state index contributed by atoms with van der Waals surface area (Å²) in [5, 5.41) is 26.8. The lowest BCUT2D eigenvalue weighted by molar-refractivity contribution is 0.103. The highest BCUT2D eigenvalue weighted by molar-refractivity contribution is 5.20. The van der Waals surface area contributed by atoms with E-state index in [0.29, 0.717) is 48.8 Å². The maximum Gasteiger partial charge on any atom is 0.0618 e. The topological polar surface area (TPSA) is 72.2 Å². The van der Waals surface area contributed by atoms with Gasteiger partial charge in [-0.3, -0.25) is 31.9 Å². The summed E-state index contributed by atoms with van der Waals surface area (Å²) in [4.78, 5) is 0. The summed E-state index contributed by atoms with van der Waals surface area (Å²) in [6, 6.07) is 2.71. The summed E-state index contributed by atoms with van der Waals surface area (Å²) in [5.74, 6) is 8.25. The van der Waals surface area contributed by atoms with Gasteiger partial charge in [0, 0.05) is 24.2 Å². The molecule has 16 unspecified atom stereocenters. The first-order valence-corrected chi connectivity index (χ1v) is 18.4. The molecule has 0 amide bonds. The van der Waals surface area contributed by atoms with Crippen molar-refractivity contribution in [3.05, 3.63) is 0 Å². The van der Waals surface area contributed by atoms with Gasteiger partial charge in [0.05, 0.1) is 24.7 Å². The minimum atomic E-state index is 0.520. The van der Waals surface area contributed by atoms with Crippen LogP contribution in [0.5, 0.6) is 0 Å². The molecule has 6 N–H and O–H groups in total. The maximum absolute atomic E-state index is 4.56. The van der Waals surface area contributed by atoms with Gasteiger partial charge in [-0.25, -0.2) is 0 Å². The summed E-state index contributed by atoms with van der Waals surface area (Å²) >= 11 is 0. The number of hydrogen-bond acceptors (Lipinski definition) is 6. The van der Waals surface area contributed by atoms with E-state index in [4.69, 9.17) is 0 Å². The molecule has 4 aliphatic heterocycles. The van der Waals surface area contributed by atoms with Crippen LogP contribution in [-0.4, -0.2) is 48.8 Å². The van der Waals surface area contributed by atoms with Crippen LogP contribution in [0.3, 0.4) is 0 Å². The summed E-state index contributed by atoms with van der Waals surface area (Å²) < 4.78 is 0. The van der Waals surface area contributed by atoms with Crippen LogP contribution < -0.4 is 31.9 Å². The third-order valence-electron chi connectivity index (χ3n) is 15.4. The monoisotopic (exact) mass is 548 g/mol. The quantitative estimate of drug-likeness (QED) is 0.276. The van der Waals surface area contributed by atoms with Crippen molar-refractivity contribution < 1.29 is 0 Å². The van der Waals surface area contributed by atoms with Gasteiger partial charge in [0.15, 0.2) is 0 Å². The predicted octanol–water partition coefficient (Wildman–Crippen LogP) is 3.84. The fourth-order valence-electron chi connectivity index (χ4n) is 14.1. The third-order valence-corrected chi connectivity index (χ3v) is 15.4. The highest BCUT2D eigenvalue weighted by Crippen LogP contribution is 2.58. The number of nitrogens with one attached hydrogen (secondary N) is 6. The van der Waals surface area contributed by atoms with E-state index < -0.39 is 0 Å². The van der Waals surface area contributed by atoms with Crippen molar-refractivity contribution in [1.82, 2.24) is 31.9 Å². The predicted molar refractivity (Wildman–Crippen MR) is 158 cm³/mol. The van der Waals surface area contributed by atoms with Gasteiger partial charge in [-0.1, -0.05) is 51.4 Å². The van der Waals surface area contributed by atoms with Crippen molar-refractivity contribution >= 4 is 0 Å². The van der Waals surface area contributed by atoms with Crippen LogP contribution in [0.25, 0.3) is 0 Å². The lowest BCUT2D eigenvalue weighted by atomic mass is 9.73. The van der Waals surface area contributed by atoms with Crippen LogP contribution in [0.15, 0.2) is 0 Å². The number of hydrogen-bond donors (Lipinski definition) is 6. The smallest absolute Gasteiger partial charge is 0.0618 e. The minimum absolute atomic E-state index is 0.520. The van der Waals surface area contributed by atoms with E-state index in [0.717, 1.165) is 59.2 Å². The SMILES string of the molecule is C1CCC2C3NC(NC4C5CCCCC5C5NC6NC(NC7C8CCCCC8C(N3)C7C45)C3CCCCC63)C2C1. The molecule has 222 valence electrons. The van der Waals surface area contributed by atoms with E-state index in [1.54, 1.807) is 0 Å². The van der Waals surface area contributed by atoms with Crippen molar-refractivity contribution in [2.75, 3.05) is 0 Å². The van der Waals surface area contributed by atoms with E-state index in [-0.39, 0.29) is 0 Å².